The van der Waals surface area contributed by atoms with E-state index in [9.17, 15) is 24.0 Å². The van der Waals surface area contributed by atoms with Gasteiger partial charge in [-0.2, -0.15) is 0 Å². The van der Waals surface area contributed by atoms with E-state index in [1.807, 2.05) is 0 Å². The summed E-state index contributed by atoms with van der Waals surface area (Å²) in [5.41, 5.74) is 10.5. The third-order valence-electron chi connectivity index (χ3n) is 3.10. The fourth-order valence-corrected chi connectivity index (χ4v) is 2.13. The molecule has 0 bridgehead atoms. The van der Waals surface area contributed by atoms with Gasteiger partial charge in [0, 0.05) is 26.4 Å². The van der Waals surface area contributed by atoms with Gasteiger partial charge < -0.3 is 25.7 Å². The molecule has 1 atom stereocenters. The van der Waals surface area contributed by atoms with Crippen molar-refractivity contribution in [2.45, 2.75) is 26.8 Å². The predicted molar refractivity (Wildman–Crippen MR) is 90.4 cm³/mol. The summed E-state index contributed by atoms with van der Waals surface area (Å²) in [5, 5.41) is 0. The lowest BCUT2D eigenvalue weighted by Gasteiger charge is -2.31. The maximum atomic E-state index is 11.7. The van der Waals surface area contributed by atoms with Crippen molar-refractivity contribution in [1.29, 1.82) is 0 Å². The number of amides is 1. The minimum atomic E-state index is -0.850. The topological polar surface area (TPSA) is 172 Å². The summed E-state index contributed by atoms with van der Waals surface area (Å²) in [7, 11) is 0. The first kappa shape index (κ1) is 24.6. The normalized spacial score (nSPS) is 11.9. The van der Waals surface area contributed by atoms with Crippen LogP contribution in [0.1, 0.15) is 20.8 Å². The van der Waals surface area contributed by atoms with Gasteiger partial charge in [0.05, 0.1) is 26.4 Å². The molecule has 0 saturated heterocycles. The zero-order valence-electron chi connectivity index (χ0n) is 15.6. The SMILES string of the molecule is CC(=O)OC(=O)CN(CC(N)=O)C[C@H](C)N(COCN)CC(=O)OC(C)=O. The van der Waals surface area contributed by atoms with Gasteiger partial charge >= 0.3 is 23.9 Å². The molecule has 27 heavy (non-hydrogen) atoms. The monoisotopic (exact) mass is 390 g/mol. The summed E-state index contributed by atoms with van der Waals surface area (Å²) in [5.74, 6) is -3.88. The van der Waals surface area contributed by atoms with Crippen LogP contribution in [0.3, 0.4) is 0 Å². The van der Waals surface area contributed by atoms with Crippen LogP contribution in [0.25, 0.3) is 0 Å². The Kier molecular flexibility index (Phi) is 11.7. The summed E-state index contributed by atoms with van der Waals surface area (Å²) < 4.78 is 14.0. The van der Waals surface area contributed by atoms with E-state index in [2.05, 4.69) is 9.47 Å². The van der Waals surface area contributed by atoms with Crippen molar-refractivity contribution in [3.63, 3.8) is 0 Å². The number of hydrogen-bond donors (Lipinski definition) is 2. The number of rotatable bonds is 12. The Hall–Kier alpha value is -2.41. The van der Waals surface area contributed by atoms with E-state index in [0.717, 1.165) is 13.8 Å². The molecule has 0 rings (SSSR count). The van der Waals surface area contributed by atoms with Crippen LogP contribution in [0, 0.1) is 0 Å². The number of primary amides is 1. The Labute approximate surface area is 156 Å². The molecule has 0 spiro atoms. The number of nitrogens with zero attached hydrogens (tertiary/aromatic N) is 2. The summed E-state index contributed by atoms with van der Waals surface area (Å²) in [4.78, 5) is 59.2. The van der Waals surface area contributed by atoms with Crippen LogP contribution < -0.4 is 11.5 Å². The lowest BCUT2D eigenvalue weighted by molar-refractivity contribution is -0.162. The van der Waals surface area contributed by atoms with E-state index >= 15 is 0 Å². The second-order valence-electron chi connectivity index (χ2n) is 5.66. The second kappa shape index (κ2) is 12.9. The molecular weight excluding hydrogens is 364 g/mol. The average molecular weight is 390 g/mol. The van der Waals surface area contributed by atoms with Gasteiger partial charge in [-0.3, -0.25) is 33.8 Å². The fourth-order valence-electron chi connectivity index (χ4n) is 2.13. The highest BCUT2D eigenvalue weighted by atomic mass is 16.6. The van der Waals surface area contributed by atoms with Gasteiger partial charge in [0.15, 0.2) is 0 Å². The van der Waals surface area contributed by atoms with Crippen molar-refractivity contribution in [3.8, 4) is 0 Å². The molecule has 0 aromatic rings. The van der Waals surface area contributed by atoms with Crippen molar-refractivity contribution < 1.29 is 38.2 Å². The molecule has 12 nitrogen and oxygen atoms in total. The summed E-state index contributed by atoms with van der Waals surface area (Å²) in [6.07, 6.45) is 0. The van der Waals surface area contributed by atoms with Gasteiger partial charge in [-0.05, 0) is 6.92 Å². The van der Waals surface area contributed by atoms with Crippen LogP contribution in [0.15, 0.2) is 0 Å². The zero-order valence-corrected chi connectivity index (χ0v) is 15.6. The first-order valence-corrected chi connectivity index (χ1v) is 8.00. The van der Waals surface area contributed by atoms with Gasteiger partial charge in [0.25, 0.3) is 0 Å². The van der Waals surface area contributed by atoms with Crippen molar-refractivity contribution in [2.24, 2.45) is 11.5 Å². The summed E-state index contributed by atoms with van der Waals surface area (Å²) in [6.45, 7) is 2.85. The van der Waals surface area contributed by atoms with Crippen LogP contribution >= 0.6 is 0 Å². The van der Waals surface area contributed by atoms with Crippen LogP contribution in [0.5, 0.6) is 0 Å². The minimum absolute atomic E-state index is 0.0625. The lowest BCUT2D eigenvalue weighted by Crippen LogP contribution is -2.49. The molecule has 0 unspecified atom stereocenters. The van der Waals surface area contributed by atoms with E-state index in [1.165, 1.54) is 9.80 Å². The number of ether oxygens (including phenoxy) is 3. The molecular formula is C15H26N4O8. The maximum Gasteiger partial charge on any atom is 0.327 e. The molecule has 0 aromatic heterocycles. The Balaban J connectivity index is 5.03. The predicted octanol–water partition coefficient (Wildman–Crippen LogP) is -2.47. The highest BCUT2D eigenvalue weighted by Crippen LogP contribution is 2.04. The average Bonchev–Trinajstić information content (AvgIpc) is 2.48. The lowest BCUT2D eigenvalue weighted by atomic mass is 10.2. The number of esters is 4. The van der Waals surface area contributed by atoms with Gasteiger partial charge in [-0.1, -0.05) is 0 Å². The number of hydrogen-bond acceptors (Lipinski definition) is 11. The van der Waals surface area contributed by atoms with Gasteiger partial charge in [0.1, 0.15) is 6.73 Å². The Bertz CT molecular complexity index is 554. The number of carbonyl (C=O) groups excluding carboxylic acids is 5. The second-order valence-corrected chi connectivity index (χ2v) is 5.66. The third-order valence-corrected chi connectivity index (χ3v) is 3.10. The molecule has 0 radical (unpaired) electrons. The fraction of sp³-hybridized carbons (Fsp3) is 0.667. The van der Waals surface area contributed by atoms with Crippen LogP contribution in [0.4, 0.5) is 0 Å². The Morgan fingerprint density at radius 2 is 1.44 bits per heavy atom. The van der Waals surface area contributed by atoms with E-state index < -0.39 is 35.8 Å². The molecule has 0 saturated carbocycles. The van der Waals surface area contributed by atoms with E-state index in [0.29, 0.717) is 0 Å². The molecule has 0 aliphatic heterocycles. The number of carbonyl (C=O) groups is 5. The molecule has 12 heteroatoms. The summed E-state index contributed by atoms with van der Waals surface area (Å²) in [6, 6.07) is -0.444. The van der Waals surface area contributed by atoms with Crippen molar-refractivity contribution in [1.82, 2.24) is 9.80 Å². The first-order chi connectivity index (χ1) is 12.5. The quantitative estimate of drug-likeness (QED) is 0.205. The third kappa shape index (κ3) is 12.6. The Morgan fingerprint density at radius 1 is 0.926 bits per heavy atom. The highest BCUT2D eigenvalue weighted by molar-refractivity contribution is 5.86. The molecule has 0 heterocycles. The number of nitrogens with two attached hydrogens (primary N) is 2. The standard InChI is InChI=1S/C15H26N4O8/c1-10(19(9-25-8-16)7-15(24)27-12(3)21)4-18(5-13(17)22)6-14(23)26-11(2)20/h10H,4-9,16H2,1-3H3,(H2,17,22)/t10-/m0/s1. The minimum Gasteiger partial charge on any atom is -0.392 e. The van der Waals surface area contributed by atoms with Crippen LogP contribution in [-0.2, 0) is 38.2 Å². The van der Waals surface area contributed by atoms with Crippen LogP contribution in [0.2, 0.25) is 0 Å². The molecule has 154 valence electrons. The zero-order chi connectivity index (χ0) is 21.0. The van der Waals surface area contributed by atoms with Crippen molar-refractivity contribution >= 4 is 29.8 Å². The molecule has 0 aromatic carbocycles. The highest BCUT2D eigenvalue weighted by Gasteiger charge is 2.24. The van der Waals surface area contributed by atoms with Gasteiger partial charge in [0.2, 0.25) is 5.91 Å². The van der Waals surface area contributed by atoms with Crippen LogP contribution in [-0.4, -0.2) is 85.3 Å². The van der Waals surface area contributed by atoms with Gasteiger partial charge in [-0.15, -0.1) is 0 Å². The Morgan fingerprint density at radius 3 is 1.89 bits per heavy atom. The van der Waals surface area contributed by atoms with E-state index in [4.69, 9.17) is 16.2 Å². The first-order valence-electron chi connectivity index (χ1n) is 8.00. The molecule has 4 N–H and O–H groups in total. The van der Waals surface area contributed by atoms with E-state index in [-0.39, 0.29) is 39.6 Å². The largest absolute Gasteiger partial charge is 0.392 e. The van der Waals surface area contributed by atoms with E-state index in [1.54, 1.807) is 6.92 Å². The molecule has 0 fully saturated rings. The van der Waals surface area contributed by atoms with Gasteiger partial charge in [-0.25, -0.2) is 0 Å². The smallest absolute Gasteiger partial charge is 0.327 e. The molecule has 0 aliphatic carbocycles. The summed E-state index contributed by atoms with van der Waals surface area (Å²) >= 11 is 0. The molecule has 1 amide bonds. The maximum absolute atomic E-state index is 11.7. The van der Waals surface area contributed by atoms with Crippen molar-refractivity contribution in [2.75, 3.05) is 39.6 Å². The van der Waals surface area contributed by atoms with Crippen molar-refractivity contribution in [3.05, 3.63) is 0 Å². The molecule has 0 aliphatic rings.